The highest BCUT2D eigenvalue weighted by Crippen LogP contribution is 2.23. The van der Waals surface area contributed by atoms with Crippen LogP contribution in [0.2, 0.25) is 4.34 Å². The quantitative estimate of drug-likeness (QED) is 0.879. The molecule has 0 bridgehead atoms. The van der Waals surface area contributed by atoms with E-state index in [1.807, 2.05) is 6.92 Å². The summed E-state index contributed by atoms with van der Waals surface area (Å²) in [6.45, 7) is 1.94. The first kappa shape index (κ1) is 15.5. The molecule has 110 valence electrons. The van der Waals surface area contributed by atoms with Crippen LogP contribution in [0, 0.1) is 0 Å². The Morgan fingerprint density at radius 2 is 1.95 bits per heavy atom. The average molecular weight is 324 g/mol. The fraction of sp³-hybridized carbons (Fsp3) is 0.214. The summed E-state index contributed by atoms with van der Waals surface area (Å²) in [6.07, 6.45) is 2.75. The van der Waals surface area contributed by atoms with E-state index in [4.69, 9.17) is 11.6 Å². The SMILES string of the molecule is CCCC(=O)Nc1ccc(C(=O)Nc2ncc(Cl)s2)cc1. The van der Waals surface area contributed by atoms with Crippen molar-refractivity contribution in [2.24, 2.45) is 0 Å². The maximum absolute atomic E-state index is 12.0. The fourth-order valence-electron chi connectivity index (χ4n) is 1.64. The smallest absolute Gasteiger partial charge is 0.257 e. The van der Waals surface area contributed by atoms with Crippen molar-refractivity contribution in [2.75, 3.05) is 10.6 Å². The Labute approximate surface area is 131 Å². The second-order valence-electron chi connectivity index (χ2n) is 4.30. The molecule has 2 rings (SSSR count). The molecule has 0 aliphatic rings. The lowest BCUT2D eigenvalue weighted by atomic mass is 10.2. The van der Waals surface area contributed by atoms with Crippen LogP contribution in [0.1, 0.15) is 30.1 Å². The van der Waals surface area contributed by atoms with Gasteiger partial charge in [-0.3, -0.25) is 14.9 Å². The van der Waals surface area contributed by atoms with E-state index < -0.39 is 0 Å². The number of hydrogen-bond donors (Lipinski definition) is 2. The molecule has 0 spiro atoms. The molecule has 0 saturated heterocycles. The molecule has 0 atom stereocenters. The highest BCUT2D eigenvalue weighted by atomic mass is 35.5. The van der Waals surface area contributed by atoms with Crippen molar-refractivity contribution in [1.29, 1.82) is 0 Å². The Kier molecular flexibility index (Phi) is 5.30. The summed E-state index contributed by atoms with van der Waals surface area (Å²) in [6, 6.07) is 6.67. The van der Waals surface area contributed by atoms with Crippen LogP contribution in [-0.4, -0.2) is 16.8 Å². The monoisotopic (exact) mass is 323 g/mol. The number of amides is 2. The van der Waals surface area contributed by atoms with Crippen LogP contribution in [0.5, 0.6) is 0 Å². The topological polar surface area (TPSA) is 71.1 Å². The van der Waals surface area contributed by atoms with Crippen LogP contribution >= 0.6 is 22.9 Å². The molecule has 1 aromatic carbocycles. The second kappa shape index (κ2) is 7.19. The van der Waals surface area contributed by atoms with E-state index in [0.717, 1.165) is 6.42 Å². The molecule has 7 heteroatoms. The van der Waals surface area contributed by atoms with Gasteiger partial charge >= 0.3 is 0 Å². The molecule has 2 aromatic rings. The molecule has 0 radical (unpaired) electrons. The Hall–Kier alpha value is -1.92. The zero-order chi connectivity index (χ0) is 15.2. The minimum absolute atomic E-state index is 0.0351. The number of benzene rings is 1. The Morgan fingerprint density at radius 1 is 1.24 bits per heavy atom. The molecular weight excluding hydrogens is 310 g/mol. The molecule has 1 heterocycles. The molecule has 0 saturated carbocycles. The van der Waals surface area contributed by atoms with Crippen molar-refractivity contribution in [2.45, 2.75) is 19.8 Å². The lowest BCUT2D eigenvalue weighted by Crippen LogP contribution is -2.13. The Balaban J connectivity index is 1.98. The van der Waals surface area contributed by atoms with Crippen LogP contribution in [0.15, 0.2) is 30.5 Å². The van der Waals surface area contributed by atoms with Gasteiger partial charge in [0.25, 0.3) is 5.91 Å². The number of carbonyl (C=O) groups excluding carboxylic acids is 2. The van der Waals surface area contributed by atoms with E-state index >= 15 is 0 Å². The summed E-state index contributed by atoms with van der Waals surface area (Å²) in [5.41, 5.74) is 1.15. The second-order valence-corrected chi connectivity index (χ2v) is 5.96. The van der Waals surface area contributed by atoms with E-state index in [1.165, 1.54) is 17.5 Å². The van der Waals surface area contributed by atoms with Crippen LogP contribution < -0.4 is 10.6 Å². The standard InChI is InChI=1S/C14H14ClN3O2S/c1-2-3-12(19)17-10-6-4-9(5-7-10)13(20)18-14-16-8-11(15)21-14/h4-8H,2-3H2,1H3,(H,17,19)(H,16,18,20). The van der Waals surface area contributed by atoms with Crippen molar-refractivity contribution in [3.05, 3.63) is 40.4 Å². The largest absolute Gasteiger partial charge is 0.326 e. The van der Waals surface area contributed by atoms with Crippen LogP contribution in [0.3, 0.4) is 0 Å². The third-order valence-electron chi connectivity index (χ3n) is 2.61. The zero-order valence-electron chi connectivity index (χ0n) is 11.4. The molecule has 0 fully saturated rings. The number of anilines is 2. The van der Waals surface area contributed by atoms with Gasteiger partial charge in [-0.1, -0.05) is 29.9 Å². The first-order valence-corrected chi connectivity index (χ1v) is 7.60. The van der Waals surface area contributed by atoms with E-state index in [2.05, 4.69) is 15.6 Å². The maximum atomic E-state index is 12.0. The van der Waals surface area contributed by atoms with E-state index in [1.54, 1.807) is 24.3 Å². The van der Waals surface area contributed by atoms with Crippen LogP contribution in [-0.2, 0) is 4.79 Å². The molecule has 0 aliphatic carbocycles. The number of thiazole rings is 1. The highest BCUT2D eigenvalue weighted by Gasteiger charge is 2.09. The molecule has 1 aromatic heterocycles. The minimum Gasteiger partial charge on any atom is -0.326 e. The van der Waals surface area contributed by atoms with Gasteiger partial charge in [0.05, 0.1) is 6.20 Å². The number of halogens is 1. The first-order chi connectivity index (χ1) is 10.1. The number of aromatic nitrogens is 1. The van der Waals surface area contributed by atoms with Gasteiger partial charge in [-0.25, -0.2) is 4.98 Å². The summed E-state index contributed by atoms with van der Waals surface area (Å²) < 4.78 is 0.513. The number of nitrogens with one attached hydrogen (secondary N) is 2. The van der Waals surface area contributed by atoms with Gasteiger partial charge in [-0.05, 0) is 30.7 Å². The molecule has 2 N–H and O–H groups in total. The van der Waals surface area contributed by atoms with Gasteiger partial charge in [0, 0.05) is 17.7 Å². The molecule has 5 nitrogen and oxygen atoms in total. The van der Waals surface area contributed by atoms with Crippen LogP contribution in [0.25, 0.3) is 0 Å². The summed E-state index contributed by atoms with van der Waals surface area (Å²) in [5.74, 6) is -0.306. The van der Waals surface area contributed by atoms with E-state index in [-0.39, 0.29) is 11.8 Å². The Morgan fingerprint density at radius 3 is 2.52 bits per heavy atom. The molecule has 21 heavy (non-hydrogen) atoms. The summed E-state index contributed by atoms with van der Waals surface area (Å²) in [4.78, 5) is 27.4. The van der Waals surface area contributed by atoms with Crippen molar-refractivity contribution >= 4 is 45.6 Å². The van der Waals surface area contributed by atoms with E-state index in [0.29, 0.717) is 27.1 Å². The van der Waals surface area contributed by atoms with Gasteiger partial charge in [-0.2, -0.15) is 0 Å². The predicted molar refractivity (Wildman–Crippen MR) is 85.1 cm³/mol. The van der Waals surface area contributed by atoms with Gasteiger partial charge in [0.15, 0.2) is 5.13 Å². The maximum Gasteiger partial charge on any atom is 0.257 e. The fourth-order valence-corrected chi connectivity index (χ4v) is 2.44. The Bertz CT molecular complexity index is 640. The third-order valence-corrected chi connectivity index (χ3v) is 3.64. The number of rotatable bonds is 5. The van der Waals surface area contributed by atoms with E-state index in [9.17, 15) is 9.59 Å². The highest BCUT2D eigenvalue weighted by molar-refractivity contribution is 7.19. The number of hydrogen-bond acceptors (Lipinski definition) is 4. The normalized spacial score (nSPS) is 10.2. The lowest BCUT2D eigenvalue weighted by molar-refractivity contribution is -0.116. The summed E-state index contributed by atoms with van der Waals surface area (Å²) in [7, 11) is 0. The average Bonchev–Trinajstić information content (AvgIpc) is 2.85. The number of nitrogens with zero attached hydrogens (tertiary/aromatic N) is 1. The third kappa shape index (κ3) is 4.54. The van der Waals surface area contributed by atoms with Gasteiger partial charge < -0.3 is 5.32 Å². The van der Waals surface area contributed by atoms with Crippen molar-refractivity contribution in [3.63, 3.8) is 0 Å². The van der Waals surface area contributed by atoms with Gasteiger partial charge in [-0.15, -0.1) is 0 Å². The predicted octanol–water partition coefficient (Wildman–Crippen LogP) is 3.79. The lowest BCUT2D eigenvalue weighted by Gasteiger charge is -2.06. The van der Waals surface area contributed by atoms with Crippen LogP contribution in [0.4, 0.5) is 10.8 Å². The van der Waals surface area contributed by atoms with Gasteiger partial charge in [0.1, 0.15) is 4.34 Å². The first-order valence-electron chi connectivity index (χ1n) is 6.41. The summed E-state index contributed by atoms with van der Waals surface area (Å²) in [5, 5.41) is 5.87. The molecule has 0 unspecified atom stereocenters. The van der Waals surface area contributed by atoms with Crippen molar-refractivity contribution in [1.82, 2.24) is 4.98 Å². The van der Waals surface area contributed by atoms with Crippen molar-refractivity contribution in [3.8, 4) is 0 Å². The minimum atomic E-state index is -0.271. The summed E-state index contributed by atoms with van der Waals surface area (Å²) >= 11 is 6.94. The molecule has 2 amide bonds. The molecule has 0 aliphatic heterocycles. The van der Waals surface area contributed by atoms with Gasteiger partial charge in [0.2, 0.25) is 5.91 Å². The molecular formula is C14H14ClN3O2S. The zero-order valence-corrected chi connectivity index (χ0v) is 12.9. The van der Waals surface area contributed by atoms with Crippen molar-refractivity contribution < 1.29 is 9.59 Å². The number of carbonyl (C=O) groups is 2.